The first-order chi connectivity index (χ1) is 9.78. The van der Waals surface area contributed by atoms with Crippen LogP contribution in [0.1, 0.15) is 36.9 Å². The van der Waals surface area contributed by atoms with Gasteiger partial charge in [0.15, 0.2) is 0 Å². The largest absolute Gasteiger partial charge is 0.355 e. The van der Waals surface area contributed by atoms with Gasteiger partial charge in [-0.2, -0.15) is 0 Å². The molecule has 0 radical (unpaired) electrons. The van der Waals surface area contributed by atoms with Crippen LogP contribution in [-0.2, 0) is 6.54 Å². The molecule has 1 atom stereocenters. The SMILES string of the molecule is Cc1ccc(CN)c(N2CCC(N3CCCCC3)C2)n1. The Morgan fingerprint density at radius 2 is 2.00 bits per heavy atom. The summed E-state index contributed by atoms with van der Waals surface area (Å²) >= 11 is 0. The van der Waals surface area contributed by atoms with E-state index in [0.29, 0.717) is 12.6 Å². The second kappa shape index (κ2) is 6.10. The highest BCUT2D eigenvalue weighted by atomic mass is 15.3. The van der Waals surface area contributed by atoms with Gasteiger partial charge >= 0.3 is 0 Å². The Labute approximate surface area is 122 Å². The summed E-state index contributed by atoms with van der Waals surface area (Å²) in [6, 6.07) is 4.90. The number of nitrogens with zero attached hydrogens (tertiary/aromatic N) is 3. The Hall–Kier alpha value is -1.13. The van der Waals surface area contributed by atoms with Gasteiger partial charge in [0.25, 0.3) is 0 Å². The third-order valence-corrected chi connectivity index (χ3v) is 4.69. The summed E-state index contributed by atoms with van der Waals surface area (Å²) in [5, 5.41) is 0. The van der Waals surface area contributed by atoms with Crippen molar-refractivity contribution in [3.05, 3.63) is 23.4 Å². The summed E-state index contributed by atoms with van der Waals surface area (Å²) in [5.74, 6) is 1.12. The second-order valence-electron chi connectivity index (χ2n) is 6.12. The van der Waals surface area contributed by atoms with Crippen LogP contribution in [0.2, 0.25) is 0 Å². The number of nitrogens with two attached hydrogens (primary N) is 1. The van der Waals surface area contributed by atoms with Crippen LogP contribution in [0.4, 0.5) is 5.82 Å². The van der Waals surface area contributed by atoms with Crippen LogP contribution >= 0.6 is 0 Å². The van der Waals surface area contributed by atoms with E-state index in [0.717, 1.165) is 24.6 Å². The molecule has 1 aromatic rings. The van der Waals surface area contributed by atoms with Crippen LogP contribution in [-0.4, -0.2) is 42.1 Å². The maximum Gasteiger partial charge on any atom is 0.133 e. The number of likely N-dealkylation sites (tertiary alicyclic amines) is 1. The topological polar surface area (TPSA) is 45.4 Å². The second-order valence-corrected chi connectivity index (χ2v) is 6.12. The van der Waals surface area contributed by atoms with Crippen molar-refractivity contribution >= 4 is 5.82 Å². The fourth-order valence-corrected chi connectivity index (χ4v) is 3.52. The predicted molar refractivity (Wildman–Crippen MR) is 82.9 cm³/mol. The van der Waals surface area contributed by atoms with E-state index < -0.39 is 0 Å². The van der Waals surface area contributed by atoms with Crippen molar-refractivity contribution in [2.45, 2.75) is 45.2 Å². The maximum absolute atomic E-state index is 5.87. The number of aromatic nitrogens is 1. The van der Waals surface area contributed by atoms with Crippen molar-refractivity contribution in [1.82, 2.24) is 9.88 Å². The van der Waals surface area contributed by atoms with Gasteiger partial charge in [-0.25, -0.2) is 4.98 Å². The molecule has 0 spiro atoms. The van der Waals surface area contributed by atoms with Crippen LogP contribution < -0.4 is 10.6 Å². The molecule has 4 heteroatoms. The lowest BCUT2D eigenvalue weighted by atomic mass is 10.1. The highest BCUT2D eigenvalue weighted by Gasteiger charge is 2.29. The van der Waals surface area contributed by atoms with Crippen molar-refractivity contribution in [3.8, 4) is 0 Å². The van der Waals surface area contributed by atoms with Crippen LogP contribution in [0.3, 0.4) is 0 Å². The first-order valence-electron chi connectivity index (χ1n) is 7.93. The number of hydrogen-bond donors (Lipinski definition) is 1. The minimum atomic E-state index is 0.577. The molecule has 4 nitrogen and oxygen atoms in total. The minimum absolute atomic E-state index is 0.577. The lowest BCUT2D eigenvalue weighted by Gasteiger charge is -2.32. The van der Waals surface area contributed by atoms with Crippen molar-refractivity contribution < 1.29 is 0 Å². The molecule has 0 bridgehead atoms. The van der Waals surface area contributed by atoms with E-state index in [1.54, 1.807) is 0 Å². The maximum atomic E-state index is 5.87. The monoisotopic (exact) mass is 274 g/mol. The molecular formula is C16H26N4. The van der Waals surface area contributed by atoms with E-state index in [-0.39, 0.29) is 0 Å². The molecule has 0 saturated carbocycles. The van der Waals surface area contributed by atoms with Gasteiger partial charge in [-0.3, -0.25) is 4.90 Å². The molecule has 0 aromatic carbocycles. The van der Waals surface area contributed by atoms with E-state index >= 15 is 0 Å². The van der Waals surface area contributed by atoms with Crippen molar-refractivity contribution in [2.24, 2.45) is 5.73 Å². The zero-order valence-corrected chi connectivity index (χ0v) is 12.5. The first-order valence-corrected chi connectivity index (χ1v) is 7.93. The van der Waals surface area contributed by atoms with Crippen molar-refractivity contribution in [3.63, 3.8) is 0 Å². The van der Waals surface area contributed by atoms with Crippen LogP contribution in [0.15, 0.2) is 12.1 Å². The van der Waals surface area contributed by atoms with E-state index in [9.17, 15) is 0 Å². The van der Waals surface area contributed by atoms with Crippen LogP contribution in [0.5, 0.6) is 0 Å². The number of pyridine rings is 1. The summed E-state index contributed by atoms with van der Waals surface area (Å²) in [6.07, 6.45) is 5.41. The third kappa shape index (κ3) is 2.81. The van der Waals surface area contributed by atoms with Crippen molar-refractivity contribution in [2.75, 3.05) is 31.1 Å². The van der Waals surface area contributed by atoms with Crippen LogP contribution in [0, 0.1) is 6.92 Å². The predicted octanol–water partition coefficient (Wildman–Crippen LogP) is 1.91. The summed E-state index contributed by atoms with van der Waals surface area (Å²) in [6.45, 7) is 7.43. The van der Waals surface area contributed by atoms with E-state index in [4.69, 9.17) is 10.7 Å². The van der Waals surface area contributed by atoms with Gasteiger partial charge < -0.3 is 10.6 Å². The number of hydrogen-bond acceptors (Lipinski definition) is 4. The van der Waals surface area contributed by atoms with Gasteiger partial charge in [-0.15, -0.1) is 0 Å². The molecule has 3 rings (SSSR count). The Morgan fingerprint density at radius 1 is 1.20 bits per heavy atom. The smallest absolute Gasteiger partial charge is 0.133 e. The molecule has 0 aliphatic carbocycles. The first kappa shape index (κ1) is 13.8. The normalized spacial score (nSPS) is 24.3. The molecule has 0 amide bonds. The number of anilines is 1. The lowest BCUT2D eigenvalue weighted by molar-refractivity contribution is 0.174. The van der Waals surface area contributed by atoms with Gasteiger partial charge in [-0.05, 0) is 45.3 Å². The Morgan fingerprint density at radius 3 is 2.75 bits per heavy atom. The average molecular weight is 274 g/mol. The van der Waals surface area contributed by atoms with E-state index in [2.05, 4.69) is 28.9 Å². The van der Waals surface area contributed by atoms with Gasteiger partial charge in [0, 0.05) is 36.9 Å². The van der Waals surface area contributed by atoms with E-state index in [1.165, 1.54) is 44.3 Å². The van der Waals surface area contributed by atoms with Gasteiger partial charge in [-0.1, -0.05) is 12.5 Å². The molecule has 2 fully saturated rings. The Balaban J connectivity index is 1.71. The summed E-state index contributed by atoms with van der Waals surface area (Å²) in [4.78, 5) is 9.85. The average Bonchev–Trinajstić information content (AvgIpc) is 2.98. The summed E-state index contributed by atoms with van der Waals surface area (Å²) < 4.78 is 0. The summed E-state index contributed by atoms with van der Waals surface area (Å²) in [5.41, 5.74) is 8.13. The number of rotatable bonds is 3. The molecular weight excluding hydrogens is 248 g/mol. The molecule has 2 aliphatic heterocycles. The quantitative estimate of drug-likeness (QED) is 0.914. The lowest BCUT2D eigenvalue weighted by Crippen LogP contribution is -2.41. The summed E-state index contributed by atoms with van der Waals surface area (Å²) in [7, 11) is 0. The molecule has 2 aliphatic rings. The third-order valence-electron chi connectivity index (χ3n) is 4.69. The van der Waals surface area contributed by atoms with Gasteiger partial charge in [0.05, 0.1) is 0 Å². The fraction of sp³-hybridized carbons (Fsp3) is 0.688. The molecule has 1 aromatic heterocycles. The molecule has 110 valence electrons. The fourth-order valence-electron chi connectivity index (χ4n) is 3.52. The Kier molecular flexibility index (Phi) is 4.22. The molecule has 3 heterocycles. The number of piperidine rings is 1. The highest BCUT2D eigenvalue weighted by Crippen LogP contribution is 2.26. The van der Waals surface area contributed by atoms with Crippen LogP contribution in [0.25, 0.3) is 0 Å². The standard InChI is InChI=1S/C16H26N4/c1-13-5-6-14(11-17)16(18-13)20-10-7-15(12-20)19-8-3-2-4-9-19/h5-6,15H,2-4,7-12,17H2,1H3. The molecule has 2 saturated heterocycles. The number of aryl methyl sites for hydroxylation is 1. The van der Waals surface area contributed by atoms with Gasteiger partial charge in [0.1, 0.15) is 5.82 Å². The molecule has 20 heavy (non-hydrogen) atoms. The molecule has 1 unspecified atom stereocenters. The van der Waals surface area contributed by atoms with Crippen molar-refractivity contribution in [1.29, 1.82) is 0 Å². The molecule has 2 N–H and O–H groups in total. The minimum Gasteiger partial charge on any atom is -0.355 e. The van der Waals surface area contributed by atoms with Gasteiger partial charge in [0.2, 0.25) is 0 Å². The Bertz CT molecular complexity index is 454. The van der Waals surface area contributed by atoms with E-state index in [1.807, 2.05) is 0 Å². The zero-order valence-electron chi connectivity index (χ0n) is 12.5. The zero-order chi connectivity index (χ0) is 13.9. The highest BCUT2D eigenvalue weighted by molar-refractivity contribution is 5.49.